The second kappa shape index (κ2) is 7.39. The highest BCUT2D eigenvalue weighted by Crippen LogP contribution is 2.36. The standard InChI is InChI=1S/C16H23ClFNO/c1-3-9-19-14(16(20-2)11-7-8-11)10-12-5-4-6-13(18)15(12)17/h4-6,11,14,16,19H,3,7-10H2,1-2H3. The van der Waals surface area contributed by atoms with Crippen LogP contribution in [0.4, 0.5) is 4.39 Å². The van der Waals surface area contributed by atoms with E-state index >= 15 is 0 Å². The van der Waals surface area contributed by atoms with Gasteiger partial charge in [0, 0.05) is 13.2 Å². The van der Waals surface area contributed by atoms with Crippen molar-refractivity contribution in [2.75, 3.05) is 13.7 Å². The second-order valence-electron chi connectivity index (χ2n) is 5.52. The molecule has 0 aliphatic heterocycles. The Labute approximate surface area is 125 Å². The minimum atomic E-state index is -0.348. The Kier molecular flexibility index (Phi) is 5.82. The molecular formula is C16H23ClFNO. The topological polar surface area (TPSA) is 21.3 Å². The molecule has 0 radical (unpaired) electrons. The van der Waals surface area contributed by atoms with E-state index in [1.54, 1.807) is 13.2 Å². The van der Waals surface area contributed by atoms with Crippen LogP contribution in [0.25, 0.3) is 0 Å². The number of hydrogen-bond donors (Lipinski definition) is 1. The molecule has 1 saturated carbocycles. The Morgan fingerprint density at radius 3 is 2.80 bits per heavy atom. The van der Waals surface area contributed by atoms with Crippen LogP contribution in [0.5, 0.6) is 0 Å². The Morgan fingerprint density at radius 1 is 1.45 bits per heavy atom. The number of ether oxygens (including phenoxy) is 1. The highest BCUT2D eigenvalue weighted by atomic mass is 35.5. The maximum Gasteiger partial charge on any atom is 0.142 e. The van der Waals surface area contributed by atoms with Crippen molar-refractivity contribution >= 4 is 11.6 Å². The molecule has 1 fully saturated rings. The predicted octanol–water partition coefficient (Wildman–Crippen LogP) is 3.81. The number of hydrogen-bond acceptors (Lipinski definition) is 2. The lowest BCUT2D eigenvalue weighted by Crippen LogP contribution is -2.44. The Hall–Kier alpha value is -0.640. The van der Waals surface area contributed by atoms with Crippen molar-refractivity contribution in [1.29, 1.82) is 0 Å². The molecule has 2 nitrogen and oxygen atoms in total. The van der Waals surface area contributed by atoms with E-state index < -0.39 is 0 Å². The largest absolute Gasteiger partial charge is 0.380 e. The molecule has 0 heterocycles. The van der Waals surface area contributed by atoms with Gasteiger partial charge in [-0.1, -0.05) is 30.7 Å². The lowest BCUT2D eigenvalue weighted by Gasteiger charge is -2.27. The fourth-order valence-electron chi connectivity index (χ4n) is 2.69. The van der Waals surface area contributed by atoms with Gasteiger partial charge in [-0.3, -0.25) is 0 Å². The van der Waals surface area contributed by atoms with E-state index in [-0.39, 0.29) is 23.0 Å². The molecule has 0 bridgehead atoms. The summed E-state index contributed by atoms with van der Waals surface area (Å²) in [5, 5.41) is 3.77. The van der Waals surface area contributed by atoms with E-state index in [1.807, 2.05) is 6.07 Å². The summed E-state index contributed by atoms with van der Waals surface area (Å²) in [5.74, 6) is 0.278. The fourth-order valence-corrected chi connectivity index (χ4v) is 2.89. The number of nitrogens with one attached hydrogen (secondary N) is 1. The predicted molar refractivity (Wildman–Crippen MR) is 80.7 cm³/mol. The smallest absolute Gasteiger partial charge is 0.142 e. The molecule has 0 aromatic heterocycles. The SMILES string of the molecule is CCCNC(Cc1cccc(F)c1Cl)C(OC)C1CC1. The molecule has 20 heavy (non-hydrogen) atoms. The van der Waals surface area contributed by atoms with Crippen LogP contribution >= 0.6 is 11.6 Å². The van der Waals surface area contributed by atoms with Crippen LogP contribution < -0.4 is 5.32 Å². The zero-order chi connectivity index (χ0) is 14.5. The van der Waals surface area contributed by atoms with Crippen molar-refractivity contribution in [3.05, 3.63) is 34.6 Å². The molecule has 2 rings (SSSR count). The summed E-state index contributed by atoms with van der Waals surface area (Å²) in [6.07, 6.45) is 4.39. The lowest BCUT2D eigenvalue weighted by molar-refractivity contribution is 0.0511. The molecule has 112 valence electrons. The van der Waals surface area contributed by atoms with E-state index in [1.165, 1.54) is 18.9 Å². The molecule has 0 spiro atoms. The van der Waals surface area contributed by atoms with Gasteiger partial charge in [0.25, 0.3) is 0 Å². The van der Waals surface area contributed by atoms with Gasteiger partial charge in [0.05, 0.1) is 11.1 Å². The average Bonchev–Trinajstić information content (AvgIpc) is 3.26. The van der Waals surface area contributed by atoms with Crippen molar-refractivity contribution in [2.24, 2.45) is 5.92 Å². The zero-order valence-electron chi connectivity index (χ0n) is 12.2. The number of methoxy groups -OCH3 is 1. The van der Waals surface area contributed by atoms with Crippen molar-refractivity contribution in [2.45, 2.75) is 44.8 Å². The van der Waals surface area contributed by atoms with E-state index in [9.17, 15) is 4.39 Å². The summed E-state index contributed by atoms with van der Waals surface area (Å²) in [7, 11) is 1.76. The molecule has 1 aromatic rings. The molecule has 2 unspecified atom stereocenters. The van der Waals surface area contributed by atoms with Gasteiger partial charge >= 0.3 is 0 Å². The number of halogens is 2. The first kappa shape index (κ1) is 15.7. The van der Waals surface area contributed by atoms with Gasteiger partial charge in [-0.05, 0) is 49.8 Å². The molecular weight excluding hydrogens is 277 g/mol. The summed E-state index contributed by atoms with van der Waals surface area (Å²) in [6.45, 7) is 3.07. The van der Waals surface area contributed by atoms with E-state index in [2.05, 4.69) is 12.2 Å². The monoisotopic (exact) mass is 299 g/mol. The molecule has 1 aliphatic carbocycles. The van der Waals surface area contributed by atoms with Gasteiger partial charge in [0.15, 0.2) is 0 Å². The Bertz CT molecular complexity index is 436. The van der Waals surface area contributed by atoms with Gasteiger partial charge in [0.2, 0.25) is 0 Å². The van der Waals surface area contributed by atoms with Crippen LogP contribution in [0.3, 0.4) is 0 Å². The quantitative estimate of drug-likeness (QED) is 0.788. The van der Waals surface area contributed by atoms with Crippen molar-refractivity contribution in [1.82, 2.24) is 5.32 Å². The molecule has 0 amide bonds. The van der Waals surface area contributed by atoms with Gasteiger partial charge in [-0.25, -0.2) is 4.39 Å². The first-order valence-corrected chi connectivity index (χ1v) is 7.74. The minimum Gasteiger partial charge on any atom is -0.380 e. The molecule has 2 atom stereocenters. The van der Waals surface area contributed by atoms with Gasteiger partial charge in [-0.2, -0.15) is 0 Å². The van der Waals surface area contributed by atoms with Crippen LogP contribution in [0.15, 0.2) is 18.2 Å². The van der Waals surface area contributed by atoms with Crippen LogP contribution in [0.2, 0.25) is 5.02 Å². The summed E-state index contributed by atoms with van der Waals surface area (Å²) < 4.78 is 19.2. The molecule has 1 aliphatic rings. The van der Waals surface area contributed by atoms with Gasteiger partial charge in [-0.15, -0.1) is 0 Å². The average molecular weight is 300 g/mol. The maximum absolute atomic E-state index is 13.6. The van der Waals surface area contributed by atoms with Crippen LogP contribution in [0, 0.1) is 11.7 Å². The molecule has 4 heteroatoms. The summed E-state index contributed by atoms with van der Waals surface area (Å²) in [4.78, 5) is 0. The molecule has 1 N–H and O–H groups in total. The van der Waals surface area contributed by atoms with Crippen molar-refractivity contribution in [3.63, 3.8) is 0 Å². The summed E-state index contributed by atoms with van der Waals surface area (Å²) in [5.41, 5.74) is 0.850. The van der Waals surface area contributed by atoms with Gasteiger partial charge in [0.1, 0.15) is 5.82 Å². The molecule has 0 saturated heterocycles. The van der Waals surface area contributed by atoms with Crippen molar-refractivity contribution < 1.29 is 9.13 Å². The second-order valence-corrected chi connectivity index (χ2v) is 5.89. The first-order chi connectivity index (χ1) is 9.67. The third-order valence-corrected chi connectivity index (χ3v) is 4.31. The number of rotatable bonds is 8. The van der Waals surface area contributed by atoms with E-state index in [0.717, 1.165) is 18.5 Å². The first-order valence-electron chi connectivity index (χ1n) is 7.36. The lowest BCUT2D eigenvalue weighted by atomic mass is 9.97. The van der Waals surface area contributed by atoms with Gasteiger partial charge < -0.3 is 10.1 Å². The third-order valence-electron chi connectivity index (χ3n) is 3.88. The highest BCUT2D eigenvalue weighted by Gasteiger charge is 2.36. The van der Waals surface area contributed by atoms with Crippen LogP contribution in [-0.4, -0.2) is 25.8 Å². The Morgan fingerprint density at radius 2 is 2.20 bits per heavy atom. The Balaban J connectivity index is 2.11. The van der Waals surface area contributed by atoms with Crippen LogP contribution in [-0.2, 0) is 11.2 Å². The summed E-state index contributed by atoms with van der Waals surface area (Å²) in [6, 6.07) is 5.19. The highest BCUT2D eigenvalue weighted by molar-refractivity contribution is 6.31. The number of benzene rings is 1. The third kappa shape index (κ3) is 3.94. The van der Waals surface area contributed by atoms with E-state index in [4.69, 9.17) is 16.3 Å². The fraction of sp³-hybridized carbons (Fsp3) is 0.625. The normalized spacial score (nSPS) is 18.0. The van der Waals surface area contributed by atoms with E-state index in [0.29, 0.717) is 12.3 Å². The minimum absolute atomic E-state index is 0.181. The maximum atomic E-state index is 13.6. The summed E-state index contributed by atoms with van der Waals surface area (Å²) >= 11 is 6.07. The zero-order valence-corrected chi connectivity index (χ0v) is 12.9. The van der Waals surface area contributed by atoms with Crippen LogP contribution in [0.1, 0.15) is 31.7 Å². The van der Waals surface area contributed by atoms with Crippen molar-refractivity contribution in [3.8, 4) is 0 Å². The molecule has 1 aromatic carbocycles.